The van der Waals surface area contributed by atoms with Crippen LogP contribution in [0, 0.1) is 0 Å². The van der Waals surface area contributed by atoms with Crippen LogP contribution in [0.1, 0.15) is 31.2 Å². The first-order valence-corrected chi connectivity index (χ1v) is 8.44. The molecule has 1 amide bonds. The molecule has 0 aromatic heterocycles. The van der Waals surface area contributed by atoms with E-state index in [0.29, 0.717) is 5.56 Å². The predicted molar refractivity (Wildman–Crippen MR) is 78.5 cm³/mol. The van der Waals surface area contributed by atoms with Crippen molar-refractivity contribution in [2.24, 2.45) is 5.14 Å². The highest BCUT2D eigenvalue weighted by Gasteiger charge is 2.19. The summed E-state index contributed by atoms with van der Waals surface area (Å²) >= 11 is 0. The SMILES string of the molecule is COc1ccc(CC(=O)NC2CCCC2)cc1S(N)(=O)=O. The molecular weight excluding hydrogens is 292 g/mol. The van der Waals surface area contributed by atoms with Gasteiger partial charge in [-0.15, -0.1) is 0 Å². The average Bonchev–Trinajstić information content (AvgIpc) is 2.90. The number of rotatable bonds is 5. The standard InChI is InChI=1S/C14H20N2O4S/c1-20-12-7-6-10(8-13(12)21(15,18)19)9-14(17)16-11-4-2-3-5-11/h6-8,11H,2-5,9H2,1H3,(H,16,17)(H2,15,18,19). The van der Waals surface area contributed by atoms with Gasteiger partial charge in [-0.3, -0.25) is 4.79 Å². The van der Waals surface area contributed by atoms with Crippen molar-refractivity contribution in [1.29, 1.82) is 0 Å². The van der Waals surface area contributed by atoms with Crippen LogP contribution in [0.5, 0.6) is 5.75 Å². The molecule has 0 heterocycles. The molecule has 0 bridgehead atoms. The molecule has 6 nitrogen and oxygen atoms in total. The van der Waals surface area contributed by atoms with E-state index in [1.54, 1.807) is 6.07 Å². The topological polar surface area (TPSA) is 98.5 Å². The van der Waals surface area contributed by atoms with Crippen LogP contribution in [0.15, 0.2) is 23.1 Å². The fourth-order valence-electron chi connectivity index (χ4n) is 2.59. The van der Waals surface area contributed by atoms with Gasteiger partial charge in [0.2, 0.25) is 15.9 Å². The molecule has 7 heteroatoms. The van der Waals surface area contributed by atoms with Crippen LogP contribution in [-0.4, -0.2) is 27.5 Å². The monoisotopic (exact) mass is 312 g/mol. The molecular formula is C14H20N2O4S. The molecule has 1 aliphatic rings. The molecule has 0 spiro atoms. The van der Waals surface area contributed by atoms with Gasteiger partial charge in [-0.1, -0.05) is 18.9 Å². The molecule has 0 saturated heterocycles. The smallest absolute Gasteiger partial charge is 0.241 e. The zero-order valence-electron chi connectivity index (χ0n) is 12.0. The Balaban J connectivity index is 2.11. The summed E-state index contributed by atoms with van der Waals surface area (Å²) < 4.78 is 28.0. The largest absolute Gasteiger partial charge is 0.495 e. The van der Waals surface area contributed by atoms with Crippen molar-refractivity contribution >= 4 is 15.9 Å². The van der Waals surface area contributed by atoms with Crippen molar-refractivity contribution < 1.29 is 17.9 Å². The Morgan fingerprint density at radius 3 is 2.62 bits per heavy atom. The first-order valence-electron chi connectivity index (χ1n) is 6.89. The van der Waals surface area contributed by atoms with E-state index in [2.05, 4.69) is 5.32 Å². The van der Waals surface area contributed by atoms with Crippen molar-refractivity contribution in [3.8, 4) is 5.75 Å². The lowest BCUT2D eigenvalue weighted by Crippen LogP contribution is -2.33. The summed E-state index contributed by atoms with van der Waals surface area (Å²) in [4.78, 5) is 11.9. The maximum atomic E-state index is 12.0. The molecule has 0 unspecified atom stereocenters. The van der Waals surface area contributed by atoms with Gasteiger partial charge < -0.3 is 10.1 Å². The number of hydrogen-bond acceptors (Lipinski definition) is 4. The highest BCUT2D eigenvalue weighted by Crippen LogP contribution is 2.24. The number of carbonyl (C=O) groups is 1. The first kappa shape index (κ1) is 15.8. The van der Waals surface area contributed by atoms with E-state index in [0.717, 1.165) is 25.7 Å². The van der Waals surface area contributed by atoms with Crippen LogP contribution in [-0.2, 0) is 21.2 Å². The third-order valence-electron chi connectivity index (χ3n) is 3.62. The van der Waals surface area contributed by atoms with Crippen LogP contribution in [0.4, 0.5) is 0 Å². The van der Waals surface area contributed by atoms with Gasteiger partial charge in [-0.05, 0) is 30.5 Å². The molecule has 1 aliphatic carbocycles. The van der Waals surface area contributed by atoms with Gasteiger partial charge in [0, 0.05) is 6.04 Å². The molecule has 1 saturated carbocycles. The van der Waals surface area contributed by atoms with Crippen LogP contribution in [0.2, 0.25) is 0 Å². The number of nitrogens with one attached hydrogen (secondary N) is 1. The Labute approximate surface area is 124 Å². The van der Waals surface area contributed by atoms with Gasteiger partial charge in [-0.2, -0.15) is 0 Å². The van der Waals surface area contributed by atoms with Gasteiger partial charge >= 0.3 is 0 Å². The predicted octanol–water partition coefficient (Wildman–Crippen LogP) is 0.944. The van der Waals surface area contributed by atoms with Gasteiger partial charge in [0.25, 0.3) is 0 Å². The van der Waals surface area contributed by atoms with E-state index in [1.165, 1.54) is 19.2 Å². The zero-order valence-corrected chi connectivity index (χ0v) is 12.8. The number of ether oxygens (including phenoxy) is 1. The first-order chi connectivity index (χ1) is 9.90. The van der Waals surface area contributed by atoms with E-state index in [9.17, 15) is 13.2 Å². The molecule has 0 radical (unpaired) electrons. The zero-order chi connectivity index (χ0) is 15.5. The summed E-state index contributed by atoms with van der Waals surface area (Å²) in [6, 6.07) is 4.82. The number of methoxy groups -OCH3 is 1. The highest BCUT2D eigenvalue weighted by molar-refractivity contribution is 7.89. The minimum atomic E-state index is -3.88. The average molecular weight is 312 g/mol. The normalized spacial score (nSPS) is 15.9. The minimum Gasteiger partial charge on any atom is -0.495 e. The molecule has 3 N–H and O–H groups in total. The fraction of sp³-hybridized carbons (Fsp3) is 0.500. The molecule has 21 heavy (non-hydrogen) atoms. The summed E-state index contributed by atoms with van der Waals surface area (Å²) in [5, 5.41) is 8.12. The number of benzene rings is 1. The second-order valence-corrected chi connectivity index (χ2v) is 6.79. The molecule has 1 aromatic rings. The number of sulfonamides is 1. The molecule has 1 aromatic carbocycles. The molecule has 116 valence electrons. The Bertz CT molecular complexity index is 622. The van der Waals surface area contributed by atoms with Crippen LogP contribution in [0.3, 0.4) is 0 Å². The van der Waals surface area contributed by atoms with Crippen molar-refractivity contribution in [2.75, 3.05) is 7.11 Å². The molecule has 1 fully saturated rings. The van der Waals surface area contributed by atoms with Crippen LogP contribution >= 0.6 is 0 Å². The summed E-state index contributed by atoms with van der Waals surface area (Å²) in [5.41, 5.74) is 0.593. The third-order valence-corrected chi connectivity index (χ3v) is 4.55. The Morgan fingerprint density at radius 2 is 2.05 bits per heavy atom. The number of hydrogen-bond donors (Lipinski definition) is 2. The maximum Gasteiger partial charge on any atom is 0.241 e. The van der Waals surface area contributed by atoms with Crippen molar-refractivity contribution in [1.82, 2.24) is 5.32 Å². The Hall–Kier alpha value is -1.60. The molecule has 2 rings (SSSR count). The highest BCUT2D eigenvalue weighted by atomic mass is 32.2. The van der Waals surface area contributed by atoms with Crippen LogP contribution in [0.25, 0.3) is 0 Å². The van der Waals surface area contributed by atoms with Gasteiger partial charge in [0.15, 0.2) is 0 Å². The van der Waals surface area contributed by atoms with E-state index < -0.39 is 10.0 Å². The summed E-state index contributed by atoms with van der Waals surface area (Å²) in [7, 11) is -2.51. The minimum absolute atomic E-state index is 0.101. The van der Waals surface area contributed by atoms with E-state index in [1.807, 2.05) is 0 Å². The lowest BCUT2D eigenvalue weighted by atomic mass is 10.1. The Kier molecular flexibility index (Phi) is 4.84. The quantitative estimate of drug-likeness (QED) is 0.845. The van der Waals surface area contributed by atoms with Crippen molar-refractivity contribution in [3.05, 3.63) is 23.8 Å². The second-order valence-electron chi connectivity index (χ2n) is 5.26. The van der Waals surface area contributed by atoms with Crippen molar-refractivity contribution in [3.63, 3.8) is 0 Å². The number of primary sulfonamides is 1. The van der Waals surface area contributed by atoms with Gasteiger partial charge in [-0.25, -0.2) is 13.6 Å². The lowest BCUT2D eigenvalue weighted by Gasteiger charge is -2.13. The van der Waals surface area contributed by atoms with Crippen molar-refractivity contribution in [2.45, 2.75) is 43.0 Å². The lowest BCUT2D eigenvalue weighted by molar-refractivity contribution is -0.121. The van der Waals surface area contributed by atoms with Crippen LogP contribution < -0.4 is 15.2 Å². The van der Waals surface area contributed by atoms with E-state index >= 15 is 0 Å². The van der Waals surface area contributed by atoms with Gasteiger partial charge in [0.1, 0.15) is 10.6 Å². The number of nitrogens with two attached hydrogens (primary N) is 1. The number of amides is 1. The summed E-state index contributed by atoms with van der Waals surface area (Å²) in [6.45, 7) is 0. The Morgan fingerprint density at radius 1 is 1.38 bits per heavy atom. The van der Waals surface area contributed by atoms with Gasteiger partial charge in [0.05, 0.1) is 13.5 Å². The maximum absolute atomic E-state index is 12.0. The second kappa shape index (κ2) is 6.44. The molecule has 0 atom stereocenters. The molecule has 0 aliphatic heterocycles. The van der Waals surface area contributed by atoms with E-state index in [4.69, 9.17) is 9.88 Å². The summed E-state index contributed by atoms with van der Waals surface area (Å²) in [5.74, 6) is 0.0740. The van der Waals surface area contributed by atoms with E-state index in [-0.39, 0.29) is 29.0 Å². The third kappa shape index (κ3) is 4.18. The fourth-order valence-corrected chi connectivity index (χ4v) is 3.34. The number of carbonyl (C=O) groups excluding carboxylic acids is 1. The summed E-state index contributed by atoms with van der Waals surface area (Å²) in [6.07, 6.45) is 4.43.